The predicted octanol–water partition coefficient (Wildman–Crippen LogP) is 0.923. The molecule has 0 unspecified atom stereocenters. The van der Waals surface area contributed by atoms with E-state index in [4.69, 9.17) is 5.26 Å². The van der Waals surface area contributed by atoms with Gasteiger partial charge in [-0.1, -0.05) is 0 Å². The third-order valence-electron chi connectivity index (χ3n) is 2.17. The molecular formula is C12H14FN3O. The minimum Gasteiger partial charge on any atom is -0.355 e. The third kappa shape index (κ3) is 4.62. The molecule has 2 N–H and O–H groups in total. The number of nitrogens with zero attached hydrogens (tertiary/aromatic N) is 1. The van der Waals surface area contributed by atoms with Crippen LogP contribution in [0.4, 0.5) is 4.39 Å². The normalized spacial score (nSPS) is 9.71. The standard InChI is InChI=1S/C12H14FN3O/c1-9(17)16-5-4-15-8-11-6-10(7-14)2-3-12(11)13/h2-3,6,15H,4-5,8H2,1H3,(H,16,17). The zero-order valence-electron chi connectivity index (χ0n) is 9.59. The summed E-state index contributed by atoms with van der Waals surface area (Å²) in [4.78, 5) is 10.6. The van der Waals surface area contributed by atoms with Crippen molar-refractivity contribution in [3.8, 4) is 6.07 Å². The molecular weight excluding hydrogens is 221 g/mol. The predicted molar refractivity (Wildman–Crippen MR) is 61.5 cm³/mol. The van der Waals surface area contributed by atoms with Gasteiger partial charge in [-0.3, -0.25) is 4.79 Å². The topological polar surface area (TPSA) is 64.9 Å². The van der Waals surface area contributed by atoms with Crippen molar-refractivity contribution in [3.63, 3.8) is 0 Å². The Labute approximate surface area is 99.4 Å². The lowest BCUT2D eigenvalue weighted by atomic mass is 10.1. The van der Waals surface area contributed by atoms with Crippen molar-refractivity contribution in [1.29, 1.82) is 5.26 Å². The molecule has 90 valence electrons. The highest BCUT2D eigenvalue weighted by Crippen LogP contribution is 2.09. The van der Waals surface area contributed by atoms with E-state index in [0.717, 1.165) is 0 Å². The number of nitrogens with one attached hydrogen (secondary N) is 2. The molecule has 1 rings (SSSR count). The molecule has 0 fully saturated rings. The fourth-order valence-corrected chi connectivity index (χ4v) is 1.33. The number of amides is 1. The molecule has 17 heavy (non-hydrogen) atoms. The van der Waals surface area contributed by atoms with Crippen LogP contribution in [0.5, 0.6) is 0 Å². The molecule has 0 saturated carbocycles. The van der Waals surface area contributed by atoms with Crippen LogP contribution in [0, 0.1) is 17.1 Å². The number of carbonyl (C=O) groups excluding carboxylic acids is 1. The van der Waals surface area contributed by atoms with Crippen molar-refractivity contribution in [2.24, 2.45) is 0 Å². The van der Waals surface area contributed by atoms with E-state index in [0.29, 0.717) is 30.8 Å². The van der Waals surface area contributed by atoms with Crippen LogP contribution < -0.4 is 10.6 Å². The number of halogens is 1. The summed E-state index contributed by atoms with van der Waals surface area (Å²) in [6.07, 6.45) is 0. The monoisotopic (exact) mass is 235 g/mol. The Morgan fingerprint density at radius 3 is 2.88 bits per heavy atom. The maximum absolute atomic E-state index is 13.3. The number of hydrogen-bond acceptors (Lipinski definition) is 3. The summed E-state index contributed by atoms with van der Waals surface area (Å²) in [5.41, 5.74) is 0.886. The first kappa shape index (κ1) is 13.1. The van der Waals surface area contributed by atoms with Crippen LogP contribution in [-0.4, -0.2) is 19.0 Å². The van der Waals surface area contributed by atoms with E-state index in [2.05, 4.69) is 10.6 Å². The van der Waals surface area contributed by atoms with Crippen LogP contribution in [0.25, 0.3) is 0 Å². The molecule has 1 aromatic carbocycles. The molecule has 5 heteroatoms. The number of rotatable bonds is 5. The summed E-state index contributed by atoms with van der Waals surface area (Å²) >= 11 is 0. The van der Waals surface area contributed by atoms with E-state index in [1.54, 1.807) is 0 Å². The van der Waals surface area contributed by atoms with Gasteiger partial charge in [0.25, 0.3) is 0 Å². The minimum absolute atomic E-state index is 0.0931. The molecule has 0 heterocycles. The SMILES string of the molecule is CC(=O)NCCNCc1cc(C#N)ccc1F. The van der Waals surface area contributed by atoms with E-state index in [-0.39, 0.29) is 11.7 Å². The molecule has 0 spiro atoms. The first-order valence-corrected chi connectivity index (χ1v) is 5.27. The summed E-state index contributed by atoms with van der Waals surface area (Å²) < 4.78 is 13.3. The second-order valence-corrected chi connectivity index (χ2v) is 3.58. The van der Waals surface area contributed by atoms with Crippen LogP contribution in [0.2, 0.25) is 0 Å². The van der Waals surface area contributed by atoms with Gasteiger partial charge in [0.15, 0.2) is 0 Å². The van der Waals surface area contributed by atoms with Gasteiger partial charge in [-0.05, 0) is 18.2 Å². The molecule has 0 saturated heterocycles. The van der Waals surface area contributed by atoms with Crippen molar-refractivity contribution >= 4 is 5.91 Å². The van der Waals surface area contributed by atoms with E-state index < -0.39 is 0 Å². The minimum atomic E-state index is -0.337. The Morgan fingerprint density at radius 2 is 2.24 bits per heavy atom. The van der Waals surface area contributed by atoms with Crippen LogP contribution in [0.15, 0.2) is 18.2 Å². The van der Waals surface area contributed by atoms with Gasteiger partial charge in [0.05, 0.1) is 11.6 Å². The Morgan fingerprint density at radius 1 is 1.47 bits per heavy atom. The summed E-state index contributed by atoms with van der Waals surface area (Å²) in [6.45, 7) is 2.82. The molecule has 0 aliphatic carbocycles. The van der Waals surface area contributed by atoms with Crippen LogP contribution >= 0.6 is 0 Å². The maximum atomic E-state index is 13.3. The van der Waals surface area contributed by atoms with Gasteiger partial charge >= 0.3 is 0 Å². The number of hydrogen-bond donors (Lipinski definition) is 2. The first-order valence-electron chi connectivity index (χ1n) is 5.27. The smallest absolute Gasteiger partial charge is 0.216 e. The van der Waals surface area contributed by atoms with E-state index in [1.807, 2.05) is 6.07 Å². The molecule has 1 amide bonds. The van der Waals surface area contributed by atoms with Gasteiger partial charge in [-0.15, -0.1) is 0 Å². The number of nitriles is 1. The Kier molecular flexibility index (Phi) is 5.11. The summed E-state index contributed by atoms with van der Waals surface area (Å²) in [5, 5.41) is 14.3. The van der Waals surface area contributed by atoms with Crippen LogP contribution in [-0.2, 0) is 11.3 Å². The zero-order valence-corrected chi connectivity index (χ0v) is 9.59. The van der Waals surface area contributed by atoms with Crippen molar-refractivity contribution < 1.29 is 9.18 Å². The number of carbonyl (C=O) groups is 1. The average Bonchev–Trinajstić information content (AvgIpc) is 2.30. The quantitative estimate of drug-likeness (QED) is 0.746. The van der Waals surface area contributed by atoms with Gasteiger partial charge < -0.3 is 10.6 Å². The van der Waals surface area contributed by atoms with Crippen molar-refractivity contribution in [1.82, 2.24) is 10.6 Å². The van der Waals surface area contributed by atoms with Crippen molar-refractivity contribution in [3.05, 3.63) is 35.1 Å². The second-order valence-electron chi connectivity index (χ2n) is 3.58. The molecule has 0 aliphatic rings. The van der Waals surface area contributed by atoms with Crippen LogP contribution in [0.1, 0.15) is 18.1 Å². The van der Waals surface area contributed by atoms with E-state index in [1.165, 1.54) is 25.1 Å². The molecule has 0 aromatic heterocycles. The Balaban J connectivity index is 2.41. The third-order valence-corrected chi connectivity index (χ3v) is 2.17. The molecule has 0 aliphatic heterocycles. The van der Waals surface area contributed by atoms with Crippen molar-refractivity contribution in [2.75, 3.05) is 13.1 Å². The molecule has 0 radical (unpaired) electrons. The highest BCUT2D eigenvalue weighted by molar-refractivity contribution is 5.72. The lowest BCUT2D eigenvalue weighted by Crippen LogP contribution is -2.30. The van der Waals surface area contributed by atoms with E-state index in [9.17, 15) is 9.18 Å². The maximum Gasteiger partial charge on any atom is 0.216 e. The summed E-state index contributed by atoms with van der Waals surface area (Å²) in [6, 6.07) is 6.20. The molecule has 0 atom stereocenters. The molecule has 4 nitrogen and oxygen atoms in total. The fraction of sp³-hybridized carbons (Fsp3) is 0.333. The van der Waals surface area contributed by atoms with E-state index >= 15 is 0 Å². The van der Waals surface area contributed by atoms with Crippen molar-refractivity contribution in [2.45, 2.75) is 13.5 Å². The first-order chi connectivity index (χ1) is 8.13. The lowest BCUT2D eigenvalue weighted by Gasteiger charge is -2.06. The molecule has 0 bridgehead atoms. The highest BCUT2D eigenvalue weighted by atomic mass is 19.1. The van der Waals surface area contributed by atoms with Gasteiger partial charge in [0.2, 0.25) is 5.91 Å². The highest BCUT2D eigenvalue weighted by Gasteiger charge is 2.02. The van der Waals surface area contributed by atoms with Gasteiger partial charge in [-0.25, -0.2) is 4.39 Å². The molecule has 1 aromatic rings. The van der Waals surface area contributed by atoms with Crippen LogP contribution in [0.3, 0.4) is 0 Å². The van der Waals surface area contributed by atoms with Gasteiger partial charge in [0, 0.05) is 32.1 Å². The summed E-state index contributed by atoms with van der Waals surface area (Å²) in [5.74, 6) is -0.430. The Bertz CT molecular complexity index is 440. The van der Waals surface area contributed by atoms with Gasteiger partial charge in [0.1, 0.15) is 5.82 Å². The zero-order chi connectivity index (χ0) is 12.7. The largest absolute Gasteiger partial charge is 0.355 e. The second kappa shape index (κ2) is 6.61. The lowest BCUT2D eigenvalue weighted by molar-refractivity contribution is -0.118. The number of benzene rings is 1. The summed E-state index contributed by atoms with van der Waals surface area (Å²) in [7, 11) is 0. The Hall–Kier alpha value is -1.93. The van der Waals surface area contributed by atoms with Gasteiger partial charge in [-0.2, -0.15) is 5.26 Å². The fourth-order valence-electron chi connectivity index (χ4n) is 1.33. The average molecular weight is 235 g/mol.